The Kier molecular flexibility index (Phi) is 5.12. The zero-order valence-electron chi connectivity index (χ0n) is 15.4. The van der Waals surface area contributed by atoms with Crippen LogP contribution in [0.1, 0.15) is 43.0 Å². The van der Waals surface area contributed by atoms with E-state index in [1.165, 1.54) is 29.2 Å². The van der Waals surface area contributed by atoms with Crippen molar-refractivity contribution in [1.29, 1.82) is 5.26 Å². The van der Waals surface area contributed by atoms with Gasteiger partial charge >= 0.3 is 0 Å². The van der Waals surface area contributed by atoms with Crippen molar-refractivity contribution in [2.24, 2.45) is 0 Å². The van der Waals surface area contributed by atoms with Gasteiger partial charge in [0.2, 0.25) is 5.91 Å². The van der Waals surface area contributed by atoms with Gasteiger partial charge in [0.15, 0.2) is 5.65 Å². The first-order valence-electron chi connectivity index (χ1n) is 9.16. The largest absolute Gasteiger partial charge is 0.341 e. The Bertz CT molecular complexity index is 1090. The third-order valence-corrected chi connectivity index (χ3v) is 4.98. The van der Waals surface area contributed by atoms with Crippen LogP contribution in [0.15, 0.2) is 30.7 Å². The Hall–Kier alpha value is -3.48. The molecule has 1 aliphatic rings. The zero-order valence-corrected chi connectivity index (χ0v) is 15.4. The van der Waals surface area contributed by atoms with Gasteiger partial charge in [-0.25, -0.2) is 28.2 Å². The molecule has 29 heavy (non-hydrogen) atoms. The van der Waals surface area contributed by atoms with Crippen LogP contribution < -0.4 is 0 Å². The number of nitrogens with zero attached hydrogens (tertiary/aromatic N) is 7. The molecule has 1 aliphatic heterocycles. The number of alkyl halides is 2. The molecule has 1 fully saturated rings. The third-order valence-electron chi connectivity index (χ3n) is 4.98. The second-order valence-corrected chi connectivity index (χ2v) is 6.81. The second kappa shape index (κ2) is 7.87. The second-order valence-electron chi connectivity index (χ2n) is 6.81. The van der Waals surface area contributed by atoms with E-state index < -0.39 is 6.43 Å². The maximum Gasteiger partial charge on any atom is 0.282 e. The fourth-order valence-corrected chi connectivity index (χ4v) is 3.54. The lowest BCUT2D eigenvalue weighted by Gasteiger charge is -2.32. The molecule has 10 heteroatoms. The van der Waals surface area contributed by atoms with E-state index in [1.807, 2.05) is 6.07 Å². The highest BCUT2D eigenvalue weighted by molar-refractivity contribution is 5.78. The number of aromatic nitrogens is 5. The molecular weight excluding hydrogens is 380 g/mol. The van der Waals surface area contributed by atoms with Gasteiger partial charge in [0.25, 0.3) is 6.43 Å². The molecule has 0 N–H and O–H groups in total. The van der Waals surface area contributed by atoms with Crippen LogP contribution in [0.25, 0.3) is 17.0 Å². The van der Waals surface area contributed by atoms with Crippen LogP contribution in [0.2, 0.25) is 0 Å². The van der Waals surface area contributed by atoms with Crippen molar-refractivity contribution in [2.45, 2.75) is 31.6 Å². The summed E-state index contributed by atoms with van der Waals surface area (Å²) in [5.74, 6) is -0.172. The molecule has 1 saturated heterocycles. The predicted molar refractivity (Wildman–Crippen MR) is 97.8 cm³/mol. The van der Waals surface area contributed by atoms with Crippen LogP contribution in [0.5, 0.6) is 0 Å². The quantitative estimate of drug-likeness (QED) is 0.671. The molecule has 148 valence electrons. The molecule has 3 aromatic rings. The van der Waals surface area contributed by atoms with Gasteiger partial charge in [-0.2, -0.15) is 10.4 Å². The number of piperidine rings is 1. The van der Waals surface area contributed by atoms with Crippen LogP contribution >= 0.6 is 0 Å². The van der Waals surface area contributed by atoms with Gasteiger partial charge in [-0.3, -0.25) is 4.79 Å². The lowest BCUT2D eigenvalue weighted by molar-refractivity contribution is -0.131. The Labute approximate surface area is 164 Å². The van der Waals surface area contributed by atoms with Gasteiger partial charge in [-0.1, -0.05) is 0 Å². The average molecular weight is 397 g/mol. The van der Waals surface area contributed by atoms with Crippen LogP contribution in [-0.4, -0.2) is 48.5 Å². The SMILES string of the molecule is N#CCC(=O)N1CCCC(c2cc(-c3cnc4ccc(C(F)F)nn34)ncn2)C1. The maximum absolute atomic E-state index is 13.0. The van der Waals surface area contributed by atoms with Crippen molar-refractivity contribution in [2.75, 3.05) is 13.1 Å². The fraction of sp³-hybridized carbons (Fsp3) is 0.368. The van der Waals surface area contributed by atoms with Crippen molar-refractivity contribution in [3.05, 3.63) is 42.1 Å². The number of hydrogen-bond acceptors (Lipinski definition) is 6. The minimum Gasteiger partial charge on any atom is -0.341 e. The topological polar surface area (TPSA) is 100 Å². The summed E-state index contributed by atoms with van der Waals surface area (Å²) in [5, 5.41) is 12.7. The van der Waals surface area contributed by atoms with Crippen molar-refractivity contribution in [3.8, 4) is 17.5 Å². The molecule has 3 aromatic heterocycles. The van der Waals surface area contributed by atoms with Gasteiger partial charge in [-0.05, 0) is 31.0 Å². The van der Waals surface area contributed by atoms with E-state index in [0.29, 0.717) is 30.1 Å². The maximum atomic E-state index is 13.0. The summed E-state index contributed by atoms with van der Waals surface area (Å²) < 4.78 is 27.4. The van der Waals surface area contributed by atoms with E-state index in [9.17, 15) is 13.6 Å². The Morgan fingerprint density at radius 3 is 2.97 bits per heavy atom. The predicted octanol–water partition coefficient (Wildman–Crippen LogP) is 2.74. The van der Waals surface area contributed by atoms with Crippen LogP contribution in [0, 0.1) is 11.3 Å². The number of halogens is 2. The van der Waals surface area contributed by atoms with E-state index >= 15 is 0 Å². The minimum atomic E-state index is -2.69. The number of hydrogen-bond donors (Lipinski definition) is 0. The van der Waals surface area contributed by atoms with Gasteiger partial charge in [-0.15, -0.1) is 0 Å². The molecule has 0 aliphatic carbocycles. The molecule has 0 saturated carbocycles. The van der Waals surface area contributed by atoms with Crippen molar-refractivity contribution in [1.82, 2.24) is 29.5 Å². The highest BCUT2D eigenvalue weighted by atomic mass is 19.3. The molecule has 4 heterocycles. The normalized spacial score (nSPS) is 16.9. The summed E-state index contributed by atoms with van der Waals surface area (Å²) in [6.45, 7) is 1.11. The molecule has 1 unspecified atom stereocenters. The number of rotatable bonds is 4. The molecule has 1 amide bonds. The molecule has 8 nitrogen and oxygen atoms in total. The van der Waals surface area contributed by atoms with Gasteiger partial charge in [0.05, 0.1) is 18.0 Å². The van der Waals surface area contributed by atoms with Crippen LogP contribution in [0.3, 0.4) is 0 Å². The number of amides is 1. The summed E-state index contributed by atoms with van der Waals surface area (Å²) >= 11 is 0. The number of carbonyl (C=O) groups is 1. The summed E-state index contributed by atoms with van der Waals surface area (Å²) in [5.41, 5.74) is 1.85. The van der Waals surface area contributed by atoms with Crippen molar-refractivity contribution < 1.29 is 13.6 Å². The van der Waals surface area contributed by atoms with Gasteiger partial charge in [0.1, 0.15) is 24.1 Å². The molecule has 0 aromatic carbocycles. The summed E-state index contributed by atoms with van der Waals surface area (Å²) in [7, 11) is 0. The van der Waals surface area contributed by atoms with Gasteiger partial charge < -0.3 is 4.90 Å². The molecule has 0 bridgehead atoms. The Balaban J connectivity index is 1.64. The fourth-order valence-electron chi connectivity index (χ4n) is 3.54. The number of likely N-dealkylation sites (tertiary alicyclic amines) is 1. The first kappa shape index (κ1) is 18.9. The summed E-state index contributed by atoms with van der Waals surface area (Å²) in [4.78, 5) is 26.6. The summed E-state index contributed by atoms with van der Waals surface area (Å²) in [6, 6.07) is 6.40. The molecule has 0 radical (unpaired) electrons. The van der Waals surface area contributed by atoms with E-state index in [4.69, 9.17) is 5.26 Å². The van der Waals surface area contributed by atoms with E-state index in [0.717, 1.165) is 18.5 Å². The number of nitriles is 1. The number of fused-ring (bicyclic) bond motifs is 1. The Morgan fingerprint density at radius 2 is 2.17 bits per heavy atom. The minimum absolute atomic E-state index is 0.0110. The number of imidazole rings is 1. The summed E-state index contributed by atoms with van der Waals surface area (Å²) in [6.07, 6.45) is 1.80. The highest BCUT2D eigenvalue weighted by Gasteiger charge is 2.26. The smallest absolute Gasteiger partial charge is 0.282 e. The van der Waals surface area contributed by atoms with E-state index in [1.54, 1.807) is 11.0 Å². The van der Waals surface area contributed by atoms with Gasteiger partial charge in [0, 0.05) is 24.7 Å². The number of carbonyl (C=O) groups excluding carboxylic acids is 1. The first-order valence-corrected chi connectivity index (χ1v) is 9.16. The van der Waals surface area contributed by atoms with E-state index in [2.05, 4.69) is 20.1 Å². The van der Waals surface area contributed by atoms with Crippen molar-refractivity contribution >= 4 is 11.6 Å². The highest BCUT2D eigenvalue weighted by Crippen LogP contribution is 2.28. The van der Waals surface area contributed by atoms with Crippen LogP contribution in [-0.2, 0) is 4.79 Å². The molecule has 1 atom stereocenters. The van der Waals surface area contributed by atoms with E-state index in [-0.39, 0.29) is 23.9 Å². The standard InChI is InChI=1S/C19H17F2N7O/c20-19(21)13-3-4-17-23-9-16(28(17)26-13)15-8-14(24-11-25-15)12-2-1-7-27(10-12)18(29)5-6-22/h3-4,8-9,11-12,19H,1-2,5,7,10H2. The van der Waals surface area contributed by atoms with Crippen LogP contribution in [0.4, 0.5) is 8.78 Å². The zero-order chi connectivity index (χ0) is 20.4. The van der Waals surface area contributed by atoms with Crippen molar-refractivity contribution in [3.63, 3.8) is 0 Å². The first-order chi connectivity index (χ1) is 14.1. The Morgan fingerprint density at radius 1 is 1.31 bits per heavy atom. The lowest BCUT2D eigenvalue weighted by atomic mass is 9.94. The molecular formula is C19H17F2N7O. The molecule has 4 rings (SSSR count). The monoisotopic (exact) mass is 397 g/mol. The lowest BCUT2D eigenvalue weighted by Crippen LogP contribution is -2.39. The average Bonchev–Trinajstić information content (AvgIpc) is 3.17. The third kappa shape index (κ3) is 3.76. The molecule has 0 spiro atoms.